The summed E-state index contributed by atoms with van der Waals surface area (Å²) in [4.78, 5) is 4.29. The number of halogens is 1. The predicted octanol–water partition coefficient (Wildman–Crippen LogP) is 1.20. The zero-order valence-corrected chi connectivity index (χ0v) is 11.9. The Kier molecular flexibility index (Phi) is 8.33. The molecule has 5 nitrogen and oxygen atoms in total. The van der Waals surface area contributed by atoms with Gasteiger partial charge in [0.25, 0.3) is 0 Å². The van der Waals surface area contributed by atoms with E-state index in [0.29, 0.717) is 25.7 Å². The Morgan fingerprint density at radius 3 is 2.75 bits per heavy atom. The molecule has 0 saturated carbocycles. The van der Waals surface area contributed by atoms with Crippen LogP contribution >= 0.6 is 0 Å². The van der Waals surface area contributed by atoms with E-state index < -0.39 is 0 Å². The van der Waals surface area contributed by atoms with Gasteiger partial charge in [-0.15, -0.1) is 0 Å². The van der Waals surface area contributed by atoms with Gasteiger partial charge in [0.1, 0.15) is 5.82 Å². The number of rotatable bonds is 8. The third kappa shape index (κ3) is 7.06. The smallest absolute Gasteiger partial charge is 0.205 e. The van der Waals surface area contributed by atoms with Crippen LogP contribution in [-0.2, 0) is 11.2 Å². The SMILES string of the molecule is CCOCCCN=C(NN)NCCc1ccc(F)cc1. The van der Waals surface area contributed by atoms with Crippen molar-refractivity contribution in [2.75, 3.05) is 26.3 Å². The van der Waals surface area contributed by atoms with Crippen molar-refractivity contribution in [3.8, 4) is 0 Å². The van der Waals surface area contributed by atoms with E-state index in [1.54, 1.807) is 12.1 Å². The van der Waals surface area contributed by atoms with Gasteiger partial charge in [-0.1, -0.05) is 12.1 Å². The van der Waals surface area contributed by atoms with E-state index >= 15 is 0 Å². The molecule has 0 bridgehead atoms. The minimum absolute atomic E-state index is 0.220. The molecule has 0 saturated heterocycles. The van der Waals surface area contributed by atoms with E-state index in [9.17, 15) is 4.39 Å². The van der Waals surface area contributed by atoms with Gasteiger partial charge in [0.05, 0.1) is 0 Å². The van der Waals surface area contributed by atoms with Crippen molar-refractivity contribution in [1.82, 2.24) is 10.7 Å². The number of hydrogen-bond acceptors (Lipinski definition) is 3. The Bertz CT molecular complexity index is 395. The maximum Gasteiger partial charge on any atom is 0.205 e. The molecular weight excluding hydrogens is 259 g/mol. The summed E-state index contributed by atoms with van der Waals surface area (Å²) >= 11 is 0. The second-order valence-electron chi connectivity index (χ2n) is 4.23. The lowest BCUT2D eigenvalue weighted by atomic mass is 10.1. The minimum Gasteiger partial charge on any atom is -0.382 e. The van der Waals surface area contributed by atoms with Crippen LogP contribution in [-0.4, -0.2) is 32.3 Å². The molecule has 112 valence electrons. The van der Waals surface area contributed by atoms with Crippen LogP contribution in [0.5, 0.6) is 0 Å². The lowest BCUT2D eigenvalue weighted by Gasteiger charge is -2.09. The standard InChI is InChI=1S/C14H23FN4O/c1-2-20-11-3-9-17-14(19-16)18-10-8-12-4-6-13(15)7-5-12/h4-7H,2-3,8-11,16H2,1H3,(H2,17,18,19). The highest BCUT2D eigenvalue weighted by atomic mass is 19.1. The number of aliphatic imine (C=N–C) groups is 1. The number of nitrogens with zero attached hydrogens (tertiary/aromatic N) is 1. The summed E-state index contributed by atoms with van der Waals surface area (Å²) in [5.41, 5.74) is 3.59. The average Bonchev–Trinajstić information content (AvgIpc) is 2.47. The molecule has 0 aliphatic carbocycles. The Labute approximate surface area is 119 Å². The van der Waals surface area contributed by atoms with Gasteiger partial charge in [-0.2, -0.15) is 0 Å². The molecule has 0 fully saturated rings. The van der Waals surface area contributed by atoms with Gasteiger partial charge in [0, 0.05) is 26.3 Å². The third-order valence-electron chi connectivity index (χ3n) is 2.68. The van der Waals surface area contributed by atoms with Crippen LogP contribution < -0.4 is 16.6 Å². The lowest BCUT2D eigenvalue weighted by Crippen LogP contribution is -2.42. The summed E-state index contributed by atoms with van der Waals surface area (Å²) in [7, 11) is 0. The highest BCUT2D eigenvalue weighted by Crippen LogP contribution is 2.02. The van der Waals surface area contributed by atoms with E-state index in [-0.39, 0.29) is 5.82 Å². The molecule has 20 heavy (non-hydrogen) atoms. The van der Waals surface area contributed by atoms with Crippen LogP contribution in [0.3, 0.4) is 0 Å². The zero-order chi connectivity index (χ0) is 14.6. The number of nitrogens with one attached hydrogen (secondary N) is 2. The van der Waals surface area contributed by atoms with Crippen molar-refractivity contribution in [2.45, 2.75) is 19.8 Å². The lowest BCUT2D eigenvalue weighted by molar-refractivity contribution is 0.146. The molecule has 0 aromatic heterocycles. The fourth-order valence-electron chi connectivity index (χ4n) is 1.63. The molecule has 1 aromatic rings. The Balaban J connectivity index is 2.23. The number of hydrogen-bond donors (Lipinski definition) is 3. The Morgan fingerprint density at radius 2 is 2.10 bits per heavy atom. The van der Waals surface area contributed by atoms with Crippen LogP contribution in [0.2, 0.25) is 0 Å². The van der Waals surface area contributed by atoms with Crippen LogP contribution in [0, 0.1) is 5.82 Å². The summed E-state index contributed by atoms with van der Waals surface area (Å²) in [5, 5.41) is 3.10. The average molecular weight is 282 g/mol. The van der Waals surface area contributed by atoms with Gasteiger partial charge in [0.15, 0.2) is 0 Å². The van der Waals surface area contributed by atoms with E-state index in [0.717, 1.165) is 25.0 Å². The van der Waals surface area contributed by atoms with E-state index in [4.69, 9.17) is 10.6 Å². The molecular formula is C14H23FN4O. The van der Waals surface area contributed by atoms with Crippen molar-refractivity contribution < 1.29 is 9.13 Å². The Hall–Kier alpha value is -1.66. The second kappa shape index (κ2) is 10.2. The largest absolute Gasteiger partial charge is 0.382 e. The summed E-state index contributed by atoms with van der Waals surface area (Å²) < 4.78 is 18.0. The molecule has 4 N–H and O–H groups in total. The molecule has 1 aromatic carbocycles. The molecule has 0 amide bonds. The Morgan fingerprint density at radius 1 is 1.35 bits per heavy atom. The monoisotopic (exact) mass is 282 g/mol. The quantitative estimate of drug-likeness (QED) is 0.220. The van der Waals surface area contributed by atoms with Gasteiger partial charge >= 0.3 is 0 Å². The fraction of sp³-hybridized carbons (Fsp3) is 0.500. The second-order valence-corrected chi connectivity index (χ2v) is 4.23. The summed E-state index contributed by atoms with van der Waals surface area (Å²) in [6, 6.07) is 6.45. The zero-order valence-electron chi connectivity index (χ0n) is 11.9. The predicted molar refractivity (Wildman–Crippen MR) is 78.8 cm³/mol. The van der Waals surface area contributed by atoms with E-state index in [1.807, 2.05) is 6.92 Å². The van der Waals surface area contributed by atoms with Gasteiger partial charge in [0.2, 0.25) is 5.96 Å². The summed E-state index contributed by atoms with van der Waals surface area (Å²) in [6.07, 6.45) is 1.64. The molecule has 0 atom stereocenters. The van der Waals surface area contributed by atoms with Crippen molar-refractivity contribution >= 4 is 5.96 Å². The summed E-state index contributed by atoms with van der Waals surface area (Å²) in [6.45, 7) is 4.73. The fourth-order valence-corrected chi connectivity index (χ4v) is 1.63. The minimum atomic E-state index is -0.220. The first-order valence-electron chi connectivity index (χ1n) is 6.83. The van der Waals surface area contributed by atoms with Gasteiger partial charge in [-0.3, -0.25) is 10.4 Å². The first-order valence-corrected chi connectivity index (χ1v) is 6.83. The first-order chi connectivity index (χ1) is 9.76. The third-order valence-corrected chi connectivity index (χ3v) is 2.68. The van der Waals surface area contributed by atoms with Crippen molar-refractivity contribution in [3.05, 3.63) is 35.6 Å². The van der Waals surface area contributed by atoms with Crippen LogP contribution in [0.4, 0.5) is 4.39 Å². The molecule has 0 aliphatic heterocycles. The van der Waals surface area contributed by atoms with Crippen LogP contribution in [0.15, 0.2) is 29.3 Å². The normalized spacial score (nSPS) is 11.4. The maximum absolute atomic E-state index is 12.7. The van der Waals surface area contributed by atoms with E-state index in [1.165, 1.54) is 12.1 Å². The highest BCUT2D eigenvalue weighted by Gasteiger charge is 1.97. The number of ether oxygens (including phenoxy) is 1. The van der Waals surface area contributed by atoms with Crippen molar-refractivity contribution in [3.63, 3.8) is 0 Å². The van der Waals surface area contributed by atoms with Crippen LogP contribution in [0.25, 0.3) is 0 Å². The molecule has 0 radical (unpaired) electrons. The number of guanidine groups is 1. The van der Waals surface area contributed by atoms with Gasteiger partial charge in [-0.25, -0.2) is 10.2 Å². The van der Waals surface area contributed by atoms with Crippen LogP contribution in [0.1, 0.15) is 18.9 Å². The molecule has 1 rings (SSSR count). The van der Waals surface area contributed by atoms with Crippen molar-refractivity contribution in [1.29, 1.82) is 0 Å². The number of nitrogens with two attached hydrogens (primary N) is 1. The molecule has 0 spiro atoms. The maximum atomic E-state index is 12.7. The molecule has 0 aliphatic rings. The number of benzene rings is 1. The van der Waals surface area contributed by atoms with E-state index in [2.05, 4.69) is 15.7 Å². The summed E-state index contributed by atoms with van der Waals surface area (Å²) in [5.74, 6) is 5.73. The first kappa shape index (κ1) is 16.4. The van der Waals surface area contributed by atoms with Crippen molar-refractivity contribution in [2.24, 2.45) is 10.8 Å². The molecule has 6 heteroatoms. The van der Waals surface area contributed by atoms with Gasteiger partial charge in [-0.05, 0) is 37.5 Å². The molecule has 0 heterocycles. The topological polar surface area (TPSA) is 71.7 Å². The van der Waals surface area contributed by atoms with Gasteiger partial charge < -0.3 is 10.1 Å². The number of hydrazine groups is 1. The molecule has 0 unspecified atom stereocenters. The highest BCUT2D eigenvalue weighted by molar-refractivity contribution is 5.79.